The molecule has 1 aliphatic heterocycles. The van der Waals surface area contributed by atoms with Gasteiger partial charge in [0, 0.05) is 17.3 Å². The minimum atomic E-state index is 1.10. The third-order valence-corrected chi connectivity index (χ3v) is 3.46. The summed E-state index contributed by atoms with van der Waals surface area (Å²) in [6.07, 6.45) is 1.20. The summed E-state index contributed by atoms with van der Waals surface area (Å²) in [5.74, 6) is 0. The standard InChI is InChI=1S/C13H17N2/c1-15(2)8-7-11-10-5-3-4-6-12(10)14-13(11)9-15/h3-6,14H,7-9H2,1-2H3/q+1. The molecule has 1 aromatic heterocycles. The summed E-state index contributed by atoms with van der Waals surface area (Å²) in [5, 5.41) is 1.42. The number of hydrogen-bond acceptors (Lipinski definition) is 0. The summed E-state index contributed by atoms with van der Waals surface area (Å²) < 4.78 is 1.10. The van der Waals surface area contributed by atoms with E-state index in [2.05, 4.69) is 43.3 Å². The molecule has 78 valence electrons. The van der Waals surface area contributed by atoms with E-state index in [1.165, 1.54) is 29.6 Å². The fourth-order valence-electron chi connectivity index (χ4n) is 2.60. The van der Waals surface area contributed by atoms with E-state index in [0.717, 1.165) is 11.0 Å². The number of para-hydroxylation sites is 1. The van der Waals surface area contributed by atoms with E-state index in [1.54, 1.807) is 5.56 Å². The highest BCUT2D eigenvalue weighted by Crippen LogP contribution is 2.28. The van der Waals surface area contributed by atoms with Crippen molar-refractivity contribution in [1.82, 2.24) is 4.98 Å². The number of fused-ring (bicyclic) bond motifs is 3. The van der Waals surface area contributed by atoms with Crippen LogP contribution in [-0.4, -0.2) is 30.1 Å². The monoisotopic (exact) mass is 201 g/mol. The van der Waals surface area contributed by atoms with Crippen molar-refractivity contribution in [2.75, 3.05) is 20.6 Å². The summed E-state index contributed by atoms with van der Waals surface area (Å²) in [6, 6.07) is 8.64. The summed E-state index contributed by atoms with van der Waals surface area (Å²) in [7, 11) is 4.60. The maximum atomic E-state index is 3.56. The molecule has 1 aliphatic rings. The number of nitrogens with one attached hydrogen (secondary N) is 1. The molecule has 0 bridgehead atoms. The van der Waals surface area contributed by atoms with E-state index >= 15 is 0 Å². The lowest BCUT2D eigenvalue weighted by atomic mass is 10.0. The van der Waals surface area contributed by atoms with Crippen LogP contribution in [0.3, 0.4) is 0 Å². The highest BCUT2D eigenvalue weighted by molar-refractivity contribution is 5.84. The highest BCUT2D eigenvalue weighted by atomic mass is 15.3. The molecule has 0 aliphatic carbocycles. The van der Waals surface area contributed by atoms with Gasteiger partial charge >= 0.3 is 0 Å². The van der Waals surface area contributed by atoms with Crippen LogP contribution in [0.15, 0.2) is 24.3 Å². The van der Waals surface area contributed by atoms with Crippen molar-refractivity contribution in [3.8, 4) is 0 Å². The first-order valence-corrected chi connectivity index (χ1v) is 5.56. The van der Waals surface area contributed by atoms with Gasteiger partial charge in [-0.3, -0.25) is 0 Å². The van der Waals surface area contributed by atoms with Gasteiger partial charge in [-0.1, -0.05) is 18.2 Å². The van der Waals surface area contributed by atoms with Gasteiger partial charge in [-0.05, 0) is 11.6 Å². The average Bonchev–Trinajstić information content (AvgIpc) is 2.52. The molecule has 0 amide bonds. The third-order valence-electron chi connectivity index (χ3n) is 3.46. The van der Waals surface area contributed by atoms with Crippen LogP contribution in [0.1, 0.15) is 11.3 Å². The van der Waals surface area contributed by atoms with Gasteiger partial charge in [0.2, 0.25) is 0 Å². The molecule has 0 atom stereocenters. The Morgan fingerprint density at radius 1 is 1.20 bits per heavy atom. The highest BCUT2D eigenvalue weighted by Gasteiger charge is 2.26. The molecule has 3 rings (SSSR count). The van der Waals surface area contributed by atoms with Crippen LogP contribution in [0.5, 0.6) is 0 Å². The lowest BCUT2D eigenvalue weighted by molar-refractivity contribution is -0.905. The maximum absolute atomic E-state index is 3.56. The number of hydrogen-bond donors (Lipinski definition) is 1. The smallest absolute Gasteiger partial charge is 0.119 e. The summed E-state index contributed by atoms with van der Waals surface area (Å²) in [6.45, 7) is 2.37. The molecule has 0 radical (unpaired) electrons. The summed E-state index contributed by atoms with van der Waals surface area (Å²) in [4.78, 5) is 3.56. The number of aromatic amines is 1. The van der Waals surface area contributed by atoms with Gasteiger partial charge in [0.1, 0.15) is 6.54 Å². The molecule has 2 nitrogen and oxygen atoms in total. The van der Waals surface area contributed by atoms with Crippen molar-refractivity contribution in [1.29, 1.82) is 0 Å². The van der Waals surface area contributed by atoms with Gasteiger partial charge in [-0.25, -0.2) is 0 Å². The molecule has 0 saturated heterocycles. The number of nitrogens with zero attached hydrogens (tertiary/aromatic N) is 1. The van der Waals surface area contributed by atoms with Crippen LogP contribution >= 0.6 is 0 Å². The van der Waals surface area contributed by atoms with Crippen molar-refractivity contribution in [2.45, 2.75) is 13.0 Å². The Morgan fingerprint density at radius 2 is 2.00 bits per heavy atom. The van der Waals surface area contributed by atoms with E-state index in [1.807, 2.05) is 0 Å². The topological polar surface area (TPSA) is 15.8 Å². The second-order valence-electron chi connectivity index (χ2n) is 5.20. The molecule has 1 N–H and O–H groups in total. The minimum Gasteiger partial charge on any atom is -0.354 e. The number of rotatable bonds is 0. The molecule has 2 heteroatoms. The van der Waals surface area contributed by atoms with Crippen LogP contribution in [-0.2, 0) is 13.0 Å². The van der Waals surface area contributed by atoms with Crippen LogP contribution < -0.4 is 0 Å². The average molecular weight is 201 g/mol. The first-order valence-electron chi connectivity index (χ1n) is 5.56. The number of quaternary nitrogens is 1. The third kappa shape index (κ3) is 1.37. The number of H-pyrrole nitrogens is 1. The molecule has 1 aromatic carbocycles. The van der Waals surface area contributed by atoms with Crippen molar-refractivity contribution in [2.24, 2.45) is 0 Å². The summed E-state index contributed by atoms with van der Waals surface area (Å²) >= 11 is 0. The first kappa shape index (κ1) is 8.98. The Hall–Kier alpha value is -1.28. The SMILES string of the molecule is C[N+]1(C)CCc2c([nH]c3ccccc23)C1. The molecule has 15 heavy (non-hydrogen) atoms. The lowest BCUT2D eigenvalue weighted by Crippen LogP contribution is -2.43. The Labute approximate surface area is 90.1 Å². The zero-order chi connectivity index (χ0) is 10.5. The van der Waals surface area contributed by atoms with E-state index in [0.29, 0.717) is 0 Å². The normalized spacial score (nSPS) is 19.1. The molecule has 2 heterocycles. The van der Waals surface area contributed by atoms with Crippen LogP contribution in [0, 0.1) is 0 Å². The molecule has 0 fully saturated rings. The lowest BCUT2D eigenvalue weighted by Gasteiger charge is -2.33. The number of benzene rings is 1. The van der Waals surface area contributed by atoms with Crippen molar-refractivity contribution in [3.63, 3.8) is 0 Å². The fourth-order valence-corrected chi connectivity index (χ4v) is 2.60. The van der Waals surface area contributed by atoms with Gasteiger partial charge < -0.3 is 9.47 Å². The molecule has 0 unspecified atom stereocenters. The predicted molar refractivity (Wildman–Crippen MR) is 62.7 cm³/mol. The van der Waals surface area contributed by atoms with Gasteiger partial charge in [-0.2, -0.15) is 0 Å². The van der Waals surface area contributed by atoms with Gasteiger partial charge in [0.05, 0.1) is 26.3 Å². The Balaban J connectivity index is 2.20. The van der Waals surface area contributed by atoms with Crippen LogP contribution in [0.2, 0.25) is 0 Å². The number of aromatic nitrogens is 1. The van der Waals surface area contributed by atoms with Gasteiger partial charge in [-0.15, -0.1) is 0 Å². The molecular formula is C13H17N2+. The molecular weight excluding hydrogens is 184 g/mol. The second kappa shape index (κ2) is 2.86. The quantitative estimate of drug-likeness (QED) is 0.629. The Kier molecular flexibility index (Phi) is 1.71. The van der Waals surface area contributed by atoms with Crippen LogP contribution in [0.4, 0.5) is 0 Å². The second-order valence-corrected chi connectivity index (χ2v) is 5.20. The molecule has 0 spiro atoms. The summed E-state index contributed by atoms with van der Waals surface area (Å²) in [5.41, 5.74) is 4.28. The van der Waals surface area contributed by atoms with Gasteiger partial charge in [0.25, 0.3) is 0 Å². The van der Waals surface area contributed by atoms with E-state index in [4.69, 9.17) is 0 Å². The Bertz CT molecular complexity index is 508. The van der Waals surface area contributed by atoms with E-state index in [9.17, 15) is 0 Å². The molecule has 2 aromatic rings. The molecule has 0 saturated carbocycles. The number of likely N-dealkylation sites (N-methyl/N-ethyl adjacent to an activating group) is 1. The van der Waals surface area contributed by atoms with Crippen molar-refractivity contribution >= 4 is 10.9 Å². The van der Waals surface area contributed by atoms with Crippen LogP contribution in [0.25, 0.3) is 10.9 Å². The largest absolute Gasteiger partial charge is 0.354 e. The maximum Gasteiger partial charge on any atom is 0.119 e. The minimum absolute atomic E-state index is 1.10. The van der Waals surface area contributed by atoms with Crippen molar-refractivity contribution < 1.29 is 4.48 Å². The van der Waals surface area contributed by atoms with E-state index in [-0.39, 0.29) is 0 Å². The zero-order valence-corrected chi connectivity index (χ0v) is 9.38. The first-order chi connectivity index (χ1) is 7.16. The zero-order valence-electron chi connectivity index (χ0n) is 9.38. The van der Waals surface area contributed by atoms with Gasteiger partial charge in [0.15, 0.2) is 0 Å². The van der Waals surface area contributed by atoms with Crippen molar-refractivity contribution in [3.05, 3.63) is 35.5 Å². The fraction of sp³-hybridized carbons (Fsp3) is 0.385. The predicted octanol–water partition coefficient (Wildman–Crippen LogP) is 2.30. The van der Waals surface area contributed by atoms with E-state index < -0.39 is 0 Å². The Morgan fingerprint density at radius 3 is 2.87 bits per heavy atom.